The number of carboxylic acid groups (broad SMARTS) is 1. The molecule has 0 bridgehead atoms. The summed E-state index contributed by atoms with van der Waals surface area (Å²) in [5, 5.41) is 8.94. The number of likely N-dealkylation sites (tertiary alicyclic amines) is 1. The summed E-state index contributed by atoms with van der Waals surface area (Å²) in [6.45, 7) is 3.41. The van der Waals surface area contributed by atoms with Crippen molar-refractivity contribution in [2.24, 2.45) is 11.8 Å². The summed E-state index contributed by atoms with van der Waals surface area (Å²) in [5.74, 6) is -0.497. The fourth-order valence-corrected chi connectivity index (χ4v) is 3.18. The van der Waals surface area contributed by atoms with Gasteiger partial charge in [0.1, 0.15) is 6.61 Å². The Morgan fingerprint density at radius 3 is 2.40 bits per heavy atom. The zero-order valence-corrected chi connectivity index (χ0v) is 12.2. The first-order valence-corrected chi connectivity index (χ1v) is 7.70. The molecular weight excluding hydrogens is 258 g/mol. The standard InChI is InChI=1S/C15H25NO4/c1-11-4-2-3-5-13(11)20-10-14(17)16-8-6-12(7-9-16)15(18)19/h11-13H,2-10H2,1H3,(H,18,19)/t11-,13-/m1/s1. The number of aliphatic carboxylic acids is 1. The maximum absolute atomic E-state index is 12.1. The predicted octanol–water partition coefficient (Wildman–Crippen LogP) is 1.90. The van der Waals surface area contributed by atoms with Crippen molar-refractivity contribution < 1.29 is 19.4 Å². The molecule has 2 aliphatic rings. The topological polar surface area (TPSA) is 66.8 Å². The lowest BCUT2D eigenvalue weighted by molar-refractivity contribution is -0.148. The first-order valence-electron chi connectivity index (χ1n) is 7.70. The molecule has 2 rings (SSSR count). The summed E-state index contributed by atoms with van der Waals surface area (Å²) in [4.78, 5) is 24.7. The lowest BCUT2D eigenvalue weighted by atomic mass is 9.88. The van der Waals surface area contributed by atoms with Gasteiger partial charge >= 0.3 is 5.97 Å². The average Bonchev–Trinajstić information content (AvgIpc) is 2.46. The molecule has 1 amide bonds. The first-order chi connectivity index (χ1) is 9.58. The number of carbonyl (C=O) groups is 2. The Balaban J connectivity index is 1.71. The average molecular weight is 283 g/mol. The third kappa shape index (κ3) is 3.95. The minimum Gasteiger partial charge on any atom is -0.481 e. The van der Waals surface area contributed by atoms with Crippen LogP contribution >= 0.6 is 0 Å². The zero-order valence-electron chi connectivity index (χ0n) is 12.2. The highest BCUT2D eigenvalue weighted by Crippen LogP contribution is 2.26. The molecule has 2 atom stereocenters. The number of nitrogens with zero attached hydrogens (tertiary/aromatic N) is 1. The van der Waals surface area contributed by atoms with Crippen LogP contribution in [0.2, 0.25) is 0 Å². The van der Waals surface area contributed by atoms with Crippen LogP contribution in [0.15, 0.2) is 0 Å². The normalized spacial score (nSPS) is 28.4. The van der Waals surface area contributed by atoms with E-state index in [1.54, 1.807) is 4.90 Å². The van der Waals surface area contributed by atoms with Gasteiger partial charge in [0.2, 0.25) is 5.91 Å². The molecular formula is C15H25NO4. The van der Waals surface area contributed by atoms with Crippen LogP contribution in [0.3, 0.4) is 0 Å². The van der Waals surface area contributed by atoms with E-state index in [0.29, 0.717) is 31.8 Å². The molecule has 0 spiro atoms. The molecule has 0 aromatic heterocycles. The maximum atomic E-state index is 12.1. The summed E-state index contributed by atoms with van der Waals surface area (Å²) < 4.78 is 5.78. The number of carboxylic acids is 1. The van der Waals surface area contributed by atoms with Crippen molar-refractivity contribution in [2.45, 2.75) is 51.6 Å². The molecule has 0 unspecified atom stereocenters. The second kappa shape index (κ2) is 7.07. The fourth-order valence-electron chi connectivity index (χ4n) is 3.18. The van der Waals surface area contributed by atoms with E-state index >= 15 is 0 Å². The Morgan fingerprint density at radius 2 is 1.80 bits per heavy atom. The largest absolute Gasteiger partial charge is 0.481 e. The molecule has 5 heteroatoms. The second-order valence-corrected chi connectivity index (χ2v) is 6.10. The number of ether oxygens (including phenoxy) is 1. The molecule has 1 saturated heterocycles. The molecule has 1 N–H and O–H groups in total. The van der Waals surface area contributed by atoms with E-state index < -0.39 is 5.97 Å². The van der Waals surface area contributed by atoms with Crippen LogP contribution in [-0.4, -0.2) is 47.7 Å². The van der Waals surface area contributed by atoms with E-state index in [9.17, 15) is 9.59 Å². The van der Waals surface area contributed by atoms with Crippen molar-refractivity contribution in [2.75, 3.05) is 19.7 Å². The van der Waals surface area contributed by atoms with Crippen LogP contribution in [0.4, 0.5) is 0 Å². The minimum absolute atomic E-state index is 0.00612. The Labute approximate surface area is 120 Å². The highest BCUT2D eigenvalue weighted by Gasteiger charge is 2.28. The number of rotatable bonds is 4. The van der Waals surface area contributed by atoms with Gasteiger partial charge in [0.25, 0.3) is 0 Å². The summed E-state index contributed by atoms with van der Waals surface area (Å²) in [6, 6.07) is 0. The second-order valence-electron chi connectivity index (χ2n) is 6.10. The lowest BCUT2D eigenvalue weighted by Crippen LogP contribution is -2.42. The maximum Gasteiger partial charge on any atom is 0.306 e. The summed E-state index contributed by atoms with van der Waals surface area (Å²) in [5.41, 5.74) is 0. The molecule has 0 aromatic carbocycles. The van der Waals surface area contributed by atoms with Gasteiger partial charge in [-0.05, 0) is 31.6 Å². The van der Waals surface area contributed by atoms with Gasteiger partial charge in [0, 0.05) is 13.1 Å². The van der Waals surface area contributed by atoms with E-state index in [1.165, 1.54) is 19.3 Å². The highest BCUT2D eigenvalue weighted by atomic mass is 16.5. The van der Waals surface area contributed by atoms with Gasteiger partial charge in [-0.2, -0.15) is 0 Å². The number of hydrogen-bond donors (Lipinski definition) is 1. The monoisotopic (exact) mass is 283 g/mol. The van der Waals surface area contributed by atoms with E-state index in [4.69, 9.17) is 9.84 Å². The van der Waals surface area contributed by atoms with Gasteiger partial charge in [-0.15, -0.1) is 0 Å². The van der Waals surface area contributed by atoms with Crippen molar-refractivity contribution in [3.8, 4) is 0 Å². The number of amides is 1. The number of hydrogen-bond acceptors (Lipinski definition) is 3. The van der Waals surface area contributed by atoms with Crippen molar-refractivity contribution in [3.63, 3.8) is 0 Å². The smallest absolute Gasteiger partial charge is 0.306 e. The Morgan fingerprint density at radius 1 is 1.15 bits per heavy atom. The Hall–Kier alpha value is -1.10. The fraction of sp³-hybridized carbons (Fsp3) is 0.867. The molecule has 0 aromatic rings. The van der Waals surface area contributed by atoms with Crippen molar-refractivity contribution in [1.82, 2.24) is 4.90 Å². The van der Waals surface area contributed by atoms with Gasteiger partial charge in [-0.25, -0.2) is 0 Å². The van der Waals surface area contributed by atoms with Crippen molar-refractivity contribution >= 4 is 11.9 Å². The predicted molar refractivity (Wildman–Crippen MR) is 74.3 cm³/mol. The summed E-state index contributed by atoms with van der Waals surface area (Å²) >= 11 is 0. The molecule has 1 aliphatic carbocycles. The Bertz CT molecular complexity index is 350. The molecule has 0 radical (unpaired) electrons. The number of piperidine rings is 1. The molecule has 20 heavy (non-hydrogen) atoms. The zero-order chi connectivity index (χ0) is 14.5. The lowest BCUT2D eigenvalue weighted by Gasteiger charge is -2.32. The SMILES string of the molecule is C[C@@H]1CCCC[C@H]1OCC(=O)N1CCC(C(=O)O)CC1. The molecule has 5 nitrogen and oxygen atoms in total. The molecule has 114 valence electrons. The van der Waals surface area contributed by atoms with Crippen molar-refractivity contribution in [3.05, 3.63) is 0 Å². The summed E-state index contributed by atoms with van der Waals surface area (Å²) in [6.07, 6.45) is 6.01. The molecule has 1 aliphatic heterocycles. The minimum atomic E-state index is -0.746. The van der Waals surface area contributed by atoms with E-state index in [1.807, 2.05) is 0 Å². The van der Waals surface area contributed by atoms with E-state index in [2.05, 4.69) is 6.92 Å². The summed E-state index contributed by atoms with van der Waals surface area (Å²) in [7, 11) is 0. The van der Waals surface area contributed by atoms with Crippen LogP contribution in [0, 0.1) is 11.8 Å². The van der Waals surface area contributed by atoms with E-state index in [0.717, 1.165) is 6.42 Å². The van der Waals surface area contributed by atoms with Crippen molar-refractivity contribution in [1.29, 1.82) is 0 Å². The third-order valence-corrected chi connectivity index (χ3v) is 4.65. The molecule has 2 fully saturated rings. The van der Waals surface area contributed by atoms with Crippen LogP contribution in [-0.2, 0) is 14.3 Å². The first kappa shape index (κ1) is 15.3. The van der Waals surface area contributed by atoms with Gasteiger partial charge in [-0.1, -0.05) is 19.8 Å². The van der Waals surface area contributed by atoms with E-state index in [-0.39, 0.29) is 24.5 Å². The van der Waals surface area contributed by atoms with Crippen LogP contribution < -0.4 is 0 Å². The highest BCUT2D eigenvalue weighted by molar-refractivity contribution is 5.78. The quantitative estimate of drug-likeness (QED) is 0.855. The van der Waals surface area contributed by atoms with Gasteiger partial charge in [-0.3, -0.25) is 9.59 Å². The van der Waals surface area contributed by atoms with Gasteiger partial charge in [0.05, 0.1) is 12.0 Å². The van der Waals surface area contributed by atoms with Crippen LogP contribution in [0.5, 0.6) is 0 Å². The van der Waals surface area contributed by atoms with Gasteiger partial charge < -0.3 is 14.7 Å². The Kier molecular flexibility index (Phi) is 5.40. The van der Waals surface area contributed by atoms with Crippen LogP contribution in [0.1, 0.15) is 45.4 Å². The third-order valence-electron chi connectivity index (χ3n) is 4.65. The van der Waals surface area contributed by atoms with Crippen LogP contribution in [0.25, 0.3) is 0 Å². The molecule has 1 heterocycles. The number of carbonyl (C=O) groups excluding carboxylic acids is 1. The molecule has 1 saturated carbocycles. The van der Waals surface area contributed by atoms with Gasteiger partial charge in [0.15, 0.2) is 0 Å².